The average Bonchev–Trinajstić information content (AvgIpc) is 3.29. The van der Waals surface area contributed by atoms with Crippen LogP contribution in [0.5, 0.6) is 0 Å². The van der Waals surface area contributed by atoms with Gasteiger partial charge in [-0.25, -0.2) is 0 Å². The fraction of sp³-hybridized carbons (Fsp3) is 0.154. The zero-order valence-electron chi connectivity index (χ0n) is 17.3. The van der Waals surface area contributed by atoms with Crippen molar-refractivity contribution in [1.29, 1.82) is 0 Å². The Labute approximate surface area is 179 Å². The first-order valence-electron chi connectivity index (χ1n) is 10.3. The zero-order valence-corrected chi connectivity index (χ0v) is 17.3. The lowest BCUT2D eigenvalue weighted by atomic mass is 9.92. The number of hydrogen-bond acceptors (Lipinski definition) is 3. The first-order valence-corrected chi connectivity index (χ1v) is 10.3. The van der Waals surface area contributed by atoms with Crippen LogP contribution < -0.4 is 5.11 Å². The number of para-hydroxylation sites is 1. The predicted octanol–water partition coefficient (Wildman–Crippen LogP) is 3.83. The molecule has 31 heavy (non-hydrogen) atoms. The Morgan fingerprint density at radius 1 is 1.00 bits per heavy atom. The van der Waals surface area contributed by atoms with E-state index >= 15 is 0 Å². The third-order valence-electron chi connectivity index (χ3n) is 6.12. The fourth-order valence-corrected chi connectivity index (χ4v) is 4.54. The fourth-order valence-electron chi connectivity index (χ4n) is 4.54. The van der Waals surface area contributed by atoms with Gasteiger partial charge in [0.05, 0.1) is 23.7 Å². The lowest BCUT2D eigenvalue weighted by molar-refractivity contribution is -0.310. The minimum absolute atomic E-state index is 0.294. The summed E-state index contributed by atoms with van der Waals surface area (Å²) in [4.78, 5) is 30.1. The van der Waals surface area contributed by atoms with Crippen LogP contribution in [-0.4, -0.2) is 27.8 Å². The van der Waals surface area contributed by atoms with Crippen molar-refractivity contribution in [2.75, 3.05) is 0 Å². The molecule has 1 aromatic heterocycles. The van der Waals surface area contributed by atoms with Gasteiger partial charge in [-0.05, 0) is 37.1 Å². The van der Waals surface area contributed by atoms with Crippen LogP contribution in [0.2, 0.25) is 0 Å². The van der Waals surface area contributed by atoms with Crippen molar-refractivity contribution < 1.29 is 14.7 Å². The first-order chi connectivity index (χ1) is 15.0. The number of amides is 1. The second-order valence-electron chi connectivity index (χ2n) is 8.02. The van der Waals surface area contributed by atoms with Crippen LogP contribution in [0.1, 0.15) is 40.0 Å². The second kappa shape index (κ2) is 7.13. The molecule has 0 fully saturated rings. The van der Waals surface area contributed by atoms with Crippen LogP contribution >= 0.6 is 0 Å². The van der Waals surface area contributed by atoms with Crippen molar-refractivity contribution in [2.45, 2.75) is 25.9 Å². The van der Waals surface area contributed by atoms with Crippen LogP contribution in [0.4, 0.5) is 0 Å². The molecule has 1 N–H and O–H groups in total. The molecule has 5 heteroatoms. The topological polar surface area (TPSA) is 76.2 Å². The number of nitrogens with one attached hydrogen (secondary N) is 1. The smallest absolute Gasteiger partial charge is 0.255 e. The number of aliphatic carboxylic acids is 1. The van der Waals surface area contributed by atoms with Gasteiger partial charge in [-0.3, -0.25) is 4.79 Å². The molecule has 0 spiro atoms. The molecule has 4 aromatic rings. The number of carboxylic acid groups (broad SMARTS) is 1. The Bertz CT molecular complexity index is 1320. The zero-order chi connectivity index (χ0) is 21.7. The minimum Gasteiger partial charge on any atom is -0.548 e. The van der Waals surface area contributed by atoms with Crippen molar-refractivity contribution in [2.24, 2.45) is 0 Å². The van der Waals surface area contributed by atoms with Crippen LogP contribution in [0, 0.1) is 6.92 Å². The van der Waals surface area contributed by atoms with Gasteiger partial charge in [0.25, 0.3) is 5.91 Å². The Morgan fingerprint density at radius 3 is 2.42 bits per heavy atom. The van der Waals surface area contributed by atoms with Crippen LogP contribution in [0.15, 0.2) is 72.8 Å². The van der Waals surface area contributed by atoms with Gasteiger partial charge in [0.2, 0.25) is 0 Å². The molecule has 2 heterocycles. The molecular weight excluding hydrogens is 388 g/mol. The molecule has 0 saturated carbocycles. The molecule has 0 bridgehead atoms. The van der Waals surface area contributed by atoms with Crippen molar-refractivity contribution in [3.8, 4) is 11.3 Å². The summed E-state index contributed by atoms with van der Waals surface area (Å²) in [5, 5.41) is 12.8. The molecule has 1 amide bonds. The highest BCUT2D eigenvalue weighted by atomic mass is 16.4. The number of carboxylic acids is 1. The van der Waals surface area contributed by atoms with Gasteiger partial charge >= 0.3 is 0 Å². The SMILES string of the molecule is Cc1ccc(-c2[nH]c3ccccc3c2[C@@H]2c3ccccc3C(=O)N2[C@H](C)C(=O)[O-])cc1. The summed E-state index contributed by atoms with van der Waals surface area (Å²) in [5.74, 6) is -1.57. The van der Waals surface area contributed by atoms with E-state index in [1.807, 2.05) is 67.6 Å². The van der Waals surface area contributed by atoms with Crippen LogP contribution in [0.25, 0.3) is 22.2 Å². The number of nitrogens with zero attached hydrogens (tertiary/aromatic N) is 1. The van der Waals surface area contributed by atoms with Crippen LogP contribution in [0.3, 0.4) is 0 Å². The highest BCUT2D eigenvalue weighted by Gasteiger charge is 2.42. The number of aromatic amines is 1. The van der Waals surface area contributed by atoms with Crippen molar-refractivity contribution in [3.05, 3.63) is 95.1 Å². The number of benzene rings is 3. The Balaban J connectivity index is 1.82. The second-order valence-corrected chi connectivity index (χ2v) is 8.02. The maximum atomic E-state index is 13.3. The van der Waals surface area contributed by atoms with E-state index in [0.717, 1.165) is 38.9 Å². The molecule has 2 atom stereocenters. The maximum absolute atomic E-state index is 13.3. The van der Waals surface area contributed by atoms with E-state index in [4.69, 9.17) is 0 Å². The molecule has 0 saturated heterocycles. The van der Waals surface area contributed by atoms with Gasteiger partial charge in [-0.2, -0.15) is 0 Å². The highest BCUT2D eigenvalue weighted by Crippen LogP contribution is 2.46. The molecule has 1 aliphatic heterocycles. The number of rotatable bonds is 4. The lowest BCUT2D eigenvalue weighted by Crippen LogP contribution is -2.48. The number of H-pyrrole nitrogens is 1. The number of carbonyl (C=O) groups is 2. The van der Waals surface area contributed by atoms with Gasteiger partial charge in [0.1, 0.15) is 0 Å². The van der Waals surface area contributed by atoms with E-state index in [-0.39, 0.29) is 5.91 Å². The van der Waals surface area contributed by atoms with Crippen LogP contribution in [-0.2, 0) is 4.79 Å². The van der Waals surface area contributed by atoms with E-state index in [0.29, 0.717) is 5.56 Å². The normalized spacial score (nSPS) is 16.5. The van der Waals surface area contributed by atoms with Gasteiger partial charge < -0.3 is 19.8 Å². The number of aryl methyl sites for hydroxylation is 1. The van der Waals surface area contributed by atoms with E-state index in [2.05, 4.69) is 4.98 Å². The van der Waals surface area contributed by atoms with Gasteiger partial charge in [0.15, 0.2) is 0 Å². The molecule has 5 nitrogen and oxygen atoms in total. The largest absolute Gasteiger partial charge is 0.548 e. The van der Waals surface area contributed by atoms with Gasteiger partial charge in [-0.15, -0.1) is 0 Å². The lowest BCUT2D eigenvalue weighted by Gasteiger charge is -2.32. The molecule has 0 unspecified atom stereocenters. The van der Waals surface area contributed by atoms with E-state index < -0.39 is 18.1 Å². The van der Waals surface area contributed by atoms with Crippen molar-refractivity contribution in [1.82, 2.24) is 9.88 Å². The summed E-state index contributed by atoms with van der Waals surface area (Å²) >= 11 is 0. The Morgan fingerprint density at radius 2 is 1.68 bits per heavy atom. The third-order valence-corrected chi connectivity index (χ3v) is 6.12. The summed E-state index contributed by atoms with van der Waals surface area (Å²) in [6, 6.07) is 21.8. The summed E-state index contributed by atoms with van der Waals surface area (Å²) in [6.45, 7) is 3.54. The van der Waals surface area contributed by atoms with E-state index in [1.54, 1.807) is 12.1 Å². The van der Waals surface area contributed by atoms with E-state index in [9.17, 15) is 14.7 Å². The third kappa shape index (κ3) is 2.93. The quantitative estimate of drug-likeness (QED) is 0.557. The molecule has 5 rings (SSSR count). The number of hydrogen-bond donors (Lipinski definition) is 1. The van der Waals surface area contributed by atoms with Gasteiger partial charge in [0, 0.05) is 22.0 Å². The van der Waals surface area contributed by atoms with Crippen molar-refractivity contribution in [3.63, 3.8) is 0 Å². The van der Waals surface area contributed by atoms with Gasteiger partial charge in [-0.1, -0.05) is 66.2 Å². The molecule has 154 valence electrons. The standard InChI is InChI=1S/C26H22N2O3/c1-15-11-13-17(14-12-15)23-22(20-9-5-6-10-21(20)27-23)24-18-7-3-4-8-19(18)25(29)28(24)16(2)26(30)31/h3-14,16,24,27H,1-2H3,(H,30,31)/p-1/t16-,24+/m1/s1. The minimum atomic E-state index is -1.28. The average molecular weight is 409 g/mol. The molecule has 0 aliphatic carbocycles. The number of carbonyl (C=O) groups excluding carboxylic acids is 2. The summed E-state index contributed by atoms with van der Waals surface area (Å²) < 4.78 is 0. The maximum Gasteiger partial charge on any atom is 0.255 e. The Hall–Kier alpha value is -3.86. The van der Waals surface area contributed by atoms with E-state index in [1.165, 1.54) is 11.8 Å². The molecular formula is C26H21N2O3-. The number of aromatic nitrogens is 1. The Kier molecular flexibility index (Phi) is 4.40. The highest BCUT2D eigenvalue weighted by molar-refractivity contribution is 6.03. The number of fused-ring (bicyclic) bond motifs is 2. The first kappa shape index (κ1) is 19.1. The monoisotopic (exact) mass is 409 g/mol. The van der Waals surface area contributed by atoms with Crippen molar-refractivity contribution >= 4 is 22.8 Å². The molecule has 0 radical (unpaired) electrons. The summed E-state index contributed by atoms with van der Waals surface area (Å²) in [5.41, 5.74) is 6.17. The molecule has 1 aliphatic rings. The predicted molar refractivity (Wildman–Crippen MR) is 117 cm³/mol. The summed E-state index contributed by atoms with van der Waals surface area (Å²) in [6.07, 6.45) is 0. The molecule has 3 aromatic carbocycles. The summed E-state index contributed by atoms with van der Waals surface area (Å²) in [7, 11) is 0.